The highest BCUT2D eigenvalue weighted by molar-refractivity contribution is 7.92. The van der Waals surface area contributed by atoms with Gasteiger partial charge in [0.2, 0.25) is 10.0 Å². The Kier molecular flexibility index (Phi) is 5.38. The summed E-state index contributed by atoms with van der Waals surface area (Å²) in [6, 6.07) is 11.1. The third-order valence-electron chi connectivity index (χ3n) is 4.42. The molecule has 1 aliphatic carbocycles. The van der Waals surface area contributed by atoms with Crippen molar-refractivity contribution < 1.29 is 22.3 Å². The van der Waals surface area contributed by atoms with E-state index in [2.05, 4.69) is 4.72 Å². The molecule has 2 aromatic rings. The lowest BCUT2D eigenvalue weighted by Gasteiger charge is -2.11. The maximum Gasteiger partial charge on any atom is 0.338 e. The second-order valence-electron chi connectivity index (χ2n) is 6.68. The number of allylic oxidation sites excluding steroid dienone is 1. The molecule has 0 amide bonds. The molecular weight excluding hydrogens is 381 g/mol. The minimum atomic E-state index is -3.37. The van der Waals surface area contributed by atoms with Crippen LogP contribution in [0.4, 0.5) is 10.1 Å². The fourth-order valence-corrected chi connectivity index (χ4v) is 3.85. The number of rotatable bonds is 5. The van der Waals surface area contributed by atoms with Gasteiger partial charge in [-0.15, -0.1) is 0 Å². The molecule has 0 heterocycles. The summed E-state index contributed by atoms with van der Waals surface area (Å²) in [5, 5.41) is 0. The van der Waals surface area contributed by atoms with Gasteiger partial charge in [-0.25, -0.2) is 17.6 Å². The number of ether oxygens (including phenoxy) is 1. The van der Waals surface area contributed by atoms with Gasteiger partial charge in [-0.05, 0) is 65.9 Å². The summed E-state index contributed by atoms with van der Waals surface area (Å²) in [6.45, 7) is 1.91. The van der Waals surface area contributed by atoms with Crippen LogP contribution in [0.25, 0.3) is 11.6 Å². The molecular formula is C21H20FNO4S. The zero-order valence-corrected chi connectivity index (χ0v) is 16.6. The summed E-state index contributed by atoms with van der Waals surface area (Å²) in [5.41, 5.74) is 4.69. The van der Waals surface area contributed by atoms with Gasteiger partial charge in [0.25, 0.3) is 0 Å². The lowest BCUT2D eigenvalue weighted by atomic mass is 9.95. The van der Waals surface area contributed by atoms with Gasteiger partial charge in [0.15, 0.2) is 0 Å². The number of anilines is 1. The lowest BCUT2D eigenvalue weighted by molar-refractivity contribution is -0.135. The highest BCUT2D eigenvalue weighted by Crippen LogP contribution is 2.39. The van der Waals surface area contributed by atoms with E-state index in [0.717, 1.165) is 17.4 Å². The standard InChI is InChI=1S/C21H20FNO4S/c1-13-10-15-6-7-16(22)12-18(15)20(13)19(21(24)27-2)11-14-4-8-17(9-5-14)23-28(3,25)26/h4-9,11-12,23H,10H2,1-3H3/b19-11-. The van der Waals surface area contributed by atoms with E-state index < -0.39 is 16.0 Å². The molecule has 0 saturated heterocycles. The van der Waals surface area contributed by atoms with Crippen molar-refractivity contribution in [2.75, 3.05) is 18.1 Å². The highest BCUT2D eigenvalue weighted by Gasteiger charge is 2.26. The summed E-state index contributed by atoms with van der Waals surface area (Å²) in [5.74, 6) is -0.892. The number of hydrogen-bond acceptors (Lipinski definition) is 4. The fourth-order valence-electron chi connectivity index (χ4n) is 3.29. The number of fused-ring (bicyclic) bond motifs is 1. The van der Waals surface area contributed by atoms with Gasteiger partial charge in [0.1, 0.15) is 5.82 Å². The van der Waals surface area contributed by atoms with Crippen molar-refractivity contribution in [3.8, 4) is 0 Å². The minimum Gasteiger partial charge on any atom is -0.465 e. The van der Waals surface area contributed by atoms with Gasteiger partial charge in [0.05, 0.1) is 18.9 Å². The molecule has 0 saturated carbocycles. The first-order valence-corrected chi connectivity index (χ1v) is 10.4. The van der Waals surface area contributed by atoms with E-state index in [1.807, 2.05) is 6.92 Å². The normalized spacial score (nSPS) is 14.1. The van der Waals surface area contributed by atoms with Crippen LogP contribution in [0.5, 0.6) is 0 Å². The SMILES string of the molecule is COC(=O)/C(=C\c1ccc(NS(C)(=O)=O)cc1)C1=C(C)Cc2ccc(F)cc21. The van der Waals surface area contributed by atoms with E-state index in [1.165, 1.54) is 19.2 Å². The molecule has 0 aliphatic heterocycles. The Balaban J connectivity index is 2.04. The molecule has 0 unspecified atom stereocenters. The van der Waals surface area contributed by atoms with Crippen molar-refractivity contribution in [3.63, 3.8) is 0 Å². The highest BCUT2D eigenvalue weighted by atomic mass is 32.2. The number of halogens is 1. The minimum absolute atomic E-state index is 0.327. The second-order valence-corrected chi connectivity index (χ2v) is 8.43. The molecule has 5 nitrogen and oxygen atoms in total. The van der Waals surface area contributed by atoms with E-state index in [4.69, 9.17) is 4.74 Å². The van der Waals surface area contributed by atoms with Crippen molar-refractivity contribution in [1.82, 2.24) is 0 Å². The maximum atomic E-state index is 13.8. The number of methoxy groups -OCH3 is 1. The Morgan fingerprint density at radius 2 is 1.86 bits per heavy atom. The average Bonchev–Trinajstić information content (AvgIpc) is 2.94. The molecule has 0 bridgehead atoms. The zero-order chi connectivity index (χ0) is 20.5. The predicted molar refractivity (Wildman–Crippen MR) is 108 cm³/mol. The van der Waals surface area contributed by atoms with Crippen molar-refractivity contribution in [2.24, 2.45) is 0 Å². The van der Waals surface area contributed by atoms with E-state index in [9.17, 15) is 17.6 Å². The van der Waals surface area contributed by atoms with Crippen molar-refractivity contribution in [2.45, 2.75) is 13.3 Å². The molecule has 146 valence electrons. The van der Waals surface area contributed by atoms with Crippen LogP contribution in [-0.2, 0) is 26.0 Å². The Morgan fingerprint density at radius 3 is 2.46 bits per heavy atom. The number of carbonyl (C=O) groups is 1. The van der Waals surface area contributed by atoms with Crippen LogP contribution >= 0.6 is 0 Å². The van der Waals surface area contributed by atoms with E-state index >= 15 is 0 Å². The quantitative estimate of drug-likeness (QED) is 0.611. The van der Waals surface area contributed by atoms with Gasteiger partial charge < -0.3 is 4.74 Å². The summed E-state index contributed by atoms with van der Waals surface area (Å²) in [4.78, 5) is 12.5. The topological polar surface area (TPSA) is 72.5 Å². The van der Waals surface area contributed by atoms with Crippen LogP contribution in [0, 0.1) is 5.82 Å². The van der Waals surface area contributed by atoms with Crippen LogP contribution in [0.1, 0.15) is 23.6 Å². The smallest absolute Gasteiger partial charge is 0.338 e. The summed E-state index contributed by atoms with van der Waals surface area (Å²) < 4.78 is 43.8. The van der Waals surface area contributed by atoms with Crippen LogP contribution in [0.3, 0.4) is 0 Å². The third-order valence-corrected chi connectivity index (χ3v) is 5.03. The first kappa shape index (κ1) is 19.8. The summed E-state index contributed by atoms with van der Waals surface area (Å²) in [6.07, 6.45) is 3.37. The molecule has 0 aromatic heterocycles. The Morgan fingerprint density at radius 1 is 1.18 bits per heavy atom. The van der Waals surface area contributed by atoms with E-state index in [-0.39, 0.29) is 5.82 Å². The molecule has 0 spiro atoms. The largest absolute Gasteiger partial charge is 0.465 e. The molecule has 0 radical (unpaired) electrons. The Hall–Kier alpha value is -2.93. The van der Waals surface area contributed by atoms with Crippen molar-refractivity contribution in [1.29, 1.82) is 0 Å². The first-order chi connectivity index (χ1) is 13.2. The monoisotopic (exact) mass is 401 g/mol. The van der Waals surface area contributed by atoms with Crippen molar-refractivity contribution >= 4 is 33.3 Å². The number of esters is 1. The molecule has 0 fully saturated rings. The maximum absolute atomic E-state index is 13.8. The first-order valence-electron chi connectivity index (χ1n) is 8.55. The molecule has 2 aromatic carbocycles. The van der Waals surface area contributed by atoms with Crippen LogP contribution in [-0.4, -0.2) is 27.8 Å². The molecule has 0 atom stereocenters. The number of benzene rings is 2. The molecule has 1 N–H and O–H groups in total. The Labute approximate surface area is 163 Å². The molecule has 3 rings (SSSR count). The second kappa shape index (κ2) is 7.59. The molecule has 7 heteroatoms. The van der Waals surface area contributed by atoms with Crippen LogP contribution in [0.15, 0.2) is 53.6 Å². The fraction of sp³-hybridized carbons (Fsp3) is 0.190. The molecule has 28 heavy (non-hydrogen) atoms. The summed E-state index contributed by atoms with van der Waals surface area (Å²) in [7, 11) is -2.07. The van der Waals surface area contributed by atoms with E-state index in [1.54, 1.807) is 36.4 Å². The summed E-state index contributed by atoms with van der Waals surface area (Å²) >= 11 is 0. The number of hydrogen-bond donors (Lipinski definition) is 1. The average molecular weight is 401 g/mol. The molecule has 1 aliphatic rings. The van der Waals surface area contributed by atoms with Gasteiger partial charge in [-0.1, -0.05) is 23.8 Å². The third kappa shape index (κ3) is 4.31. The number of carbonyl (C=O) groups excluding carboxylic acids is 1. The van der Waals surface area contributed by atoms with Gasteiger partial charge in [-0.2, -0.15) is 0 Å². The van der Waals surface area contributed by atoms with Gasteiger partial charge >= 0.3 is 5.97 Å². The zero-order valence-electron chi connectivity index (χ0n) is 15.7. The van der Waals surface area contributed by atoms with Crippen molar-refractivity contribution in [3.05, 3.63) is 76.1 Å². The number of nitrogens with one attached hydrogen (secondary N) is 1. The number of sulfonamides is 1. The van der Waals surface area contributed by atoms with Crippen LogP contribution in [0.2, 0.25) is 0 Å². The lowest BCUT2D eigenvalue weighted by Crippen LogP contribution is -2.09. The van der Waals surface area contributed by atoms with Gasteiger partial charge in [0, 0.05) is 5.69 Å². The predicted octanol–water partition coefficient (Wildman–Crippen LogP) is 3.78. The van der Waals surface area contributed by atoms with Crippen LogP contribution < -0.4 is 4.72 Å². The Bertz CT molecular complexity index is 1100. The van der Waals surface area contributed by atoms with Gasteiger partial charge in [-0.3, -0.25) is 4.72 Å². The van der Waals surface area contributed by atoms with E-state index in [0.29, 0.717) is 34.4 Å².